The van der Waals surface area contributed by atoms with E-state index in [1.807, 2.05) is 6.92 Å². The van der Waals surface area contributed by atoms with E-state index < -0.39 is 22.2 Å². The average molecular weight is 294 g/mol. The molecular formula is C14H15FN2O4. The summed E-state index contributed by atoms with van der Waals surface area (Å²) in [6, 6.07) is 2.73. The summed E-state index contributed by atoms with van der Waals surface area (Å²) in [5.74, 6) is -1.95. The molecule has 0 aliphatic carbocycles. The number of halogens is 1. The van der Waals surface area contributed by atoms with Crippen molar-refractivity contribution < 1.29 is 18.9 Å². The lowest BCUT2D eigenvalue weighted by atomic mass is 10.0. The Bertz CT molecular complexity index is 603. The summed E-state index contributed by atoms with van der Waals surface area (Å²) in [5, 5.41) is 10.7. The molecule has 1 saturated heterocycles. The summed E-state index contributed by atoms with van der Waals surface area (Å²) in [6.45, 7) is 2.23. The molecule has 0 aromatic heterocycles. The van der Waals surface area contributed by atoms with Gasteiger partial charge in [0.2, 0.25) is 5.91 Å². The molecule has 1 aromatic rings. The van der Waals surface area contributed by atoms with Crippen molar-refractivity contribution in [2.45, 2.75) is 26.2 Å². The number of nitro groups is 1. The standard InChI is InChI=1S/C14H15FN2O4/c1-2-3-9-6-13(18)16(8-9)14(19)11-7-10(17(20)21)4-5-12(11)15/h4-5,7,9H,2-3,6,8H2,1H3. The van der Waals surface area contributed by atoms with Crippen LogP contribution < -0.4 is 0 Å². The molecular weight excluding hydrogens is 279 g/mol. The first-order valence-corrected chi connectivity index (χ1v) is 6.72. The van der Waals surface area contributed by atoms with Crippen molar-refractivity contribution in [1.29, 1.82) is 0 Å². The highest BCUT2D eigenvalue weighted by molar-refractivity contribution is 6.06. The lowest BCUT2D eigenvalue weighted by molar-refractivity contribution is -0.384. The number of amides is 2. The van der Waals surface area contributed by atoms with Crippen molar-refractivity contribution in [2.75, 3.05) is 6.54 Å². The summed E-state index contributed by atoms with van der Waals surface area (Å²) in [7, 11) is 0. The minimum atomic E-state index is -0.864. The molecule has 0 N–H and O–H groups in total. The Morgan fingerprint density at radius 2 is 2.24 bits per heavy atom. The second-order valence-electron chi connectivity index (χ2n) is 5.09. The van der Waals surface area contributed by atoms with Gasteiger partial charge in [-0.3, -0.25) is 24.6 Å². The number of benzene rings is 1. The van der Waals surface area contributed by atoms with Crippen LogP contribution in [-0.4, -0.2) is 28.2 Å². The average Bonchev–Trinajstić information content (AvgIpc) is 2.79. The van der Waals surface area contributed by atoms with Crippen LogP contribution >= 0.6 is 0 Å². The molecule has 7 heteroatoms. The van der Waals surface area contributed by atoms with Crippen molar-refractivity contribution in [3.8, 4) is 0 Å². The van der Waals surface area contributed by atoms with Crippen LogP contribution in [0.3, 0.4) is 0 Å². The largest absolute Gasteiger partial charge is 0.278 e. The lowest BCUT2D eigenvalue weighted by Crippen LogP contribution is -2.33. The number of likely N-dealkylation sites (tertiary alicyclic amines) is 1. The van der Waals surface area contributed by atoms with Crippen molar-refractivity contribution in [2.24, 2.45) is 5.92 Å². The normalized spacial score (nSPS) is 18.1. The van der Waals surface area contributed by atoms with Crippen LogP contribution in [0.1, 0.15) is 36.5 Å². The molecule has 1 fully saturated rings. The van der Waals surface area contributed by atoms with Crippen molar-refractivity contribution in [1.82, 2.24) is 4.90 Å². The highest BCUT2D eigenvalue weighted by Crippen LogP contribution is 2.25. The summed E-state index contributed by atoms with van der Waals surface area (Å²) in [5.41, 5.74) is -0.814. The van der Waals surface area contributed by atoms with Gasteiger partial charge in [0.05, 0.1) is 10.5 Å². The Balaban J connectivity index is 2.26. The summed E-state index contributed by atoms with van der Waals surface area (Å²) < 4.78 is 13.7. The zero-order valence-corrected chi connectivity index (χ0v) is 11.5. The number of hydrogen-bond donors (Lipinski definition) is 0. The van der Waals surface area contributed by atoms with E-state index >= 15 is 0 Å². The first kappa shape index (κ1) is 15.1. The van der Waals surface area contributed by atoms with E-state index in [2.05, 4.69) is 0 Å². The van der Waals surface area contributed by atoms with Gasteiger partial charge in [0.25, 0.3) is 11.6 Å². The van der Waals surface area contributed by atoms with Crippen LogP contribution in [0.25, 0.3) is 0 Å². The van der Waals surface area contributed by atoms with Crippen LogP contribution in [0.2, 0.25) is 0 Å². The molecule has 1 atom stereocenters. The van der Waals surface area contributed by atoms with Gasteiger partial charge in [-0.25, -0.2) is 4.39 Å². The lowest BCUT2D eigenvalue weighted by Gasteiger charge is -2.15. The van der Waals surface area contributed by atoms with E-state index in [-0.39, 0.29) is 30.5 Å². The molecule has 1 aromatic carbocycles. The predicted octanol–water partition coefficient (Wildman–Crippen LogP) is 2.52. The number of hydrogen-bond acceptors (Lipinski definition) is 4. The minimum Gasteiger partial charge on any atom is -0.278 e. The summed E-state index contributed by atoms with van der Waals surface area (Å²) in [6.07, 6.45) is 1.97. The van der Waals surface area contributed by atoms with E-state index in [9.17, 15) is 24.1 Å². The van der Waals surface area contributed by atoms with Crippen LogP contribution in [-0.2, 0) is 4.79 Å². The fourth-order valence-corrected chi connectivity index (χ4v) is 2.52. The Morgan fingerprint density at radius 1 is 1.52 bits per heavy atom. The first-order chi connectivity index (χ1) is 9.93. The molecule has 0 saturated carbocycles. The monoisotopic (exact) mass is 294 g/mol. The number of imide groups is 1. The number of rotatable bonds is 4. The summed E-state index contributed by atoms with van der Waals surface area (Å²) in [4.78, 5) is 35.1. The molecule has 0 spiro atoms. The number of non-ortho nitro benzene ring substituents is 1. The number of carbonyl (C=O) groups is 2. The topological polar surface area (TPSA) is 80.5 Å². The van der Waals surface area contributed by atoms with Gasteiger partial charge in [0.15, 0.2) is 0 Å². The molecule has 1 aliphatic rings. The van der Waals surface area contributed by atoms with Gasteiger partial charge in [-0.2, -0.15) is 0 Å². The second-order valence-corrected chi connectivity index (χ2v) is 5.09. The maximum absolute atomic E-state index is 13.7. The number of nitro benzene ring substituents is 1. The minimum absolute atomic E-state index is 0.0770. The Morgan fingerprint density at radius 3 is 2.86 bits per heavy atom. The van der Waals surface area contributed by atoms with E-state index in [0.717, 1.165) is 35.9 Å². The molecule has 112 valence electrons. The SMILES string of the molecule is CCCC1CC(=O)N(C(=O)c2cc([N+](=O)[O-])ccc2F)C1. The molecule has 0 bridgehead atoms. The second kappa shape index (κ2) is 5.99. The van der Waals surface area contributed by atoms with Gasteiger partial charge < -0.3 is 0 Å². The highest BCUT2D eigenvalue weighted by Gasteiger charge is 2.35. The maximum atomic E-state index is 13.7. The first-order valence-electron chi connectivity index (χ1n) is 6.72. The zero-order valence-electron chi connectivity index (χ0n) is 11.5. The van der Waals surface area contributed by atoms with E-state index in [0.29, 0.717) is 0 Å². The third-order valence-electron chi connectivity index (χ3n) is 3.54. The van der Waals surface area contributed by atoms with Crippen molar-refractivity contribution in [3.05, 3.63) is 39.7 Å². The van der Waals surface area contributed by atoms with Crippen molar-refractivity contribution >= 4 is 17.5 Å². The quantitative estimate of drug-likeness (QED) is 0.485. The number of nitrogens with zero attached hydrogens (tertiary/aromatic N) is 2. The van der Waals surface area contributed by atoms with Gasteiger partial charge in [-0.05, 0) is 18.4 Å². The molecule has 0 radical (unpaired) electrons. The van der Waals surface area contributed by atoms with Crippen LogP contribution in [0.4, 0.5) is 10.1 Å². The molecule has 1 aliphatic heterocycles. The fraction of sp³-hybridized carbons (Fsp3) is 0.429. The van der Waals surface area contributed by atoms with Crippen LogP contribution in [0.5, 0.6) is 0 Å². The Hall–Kier alpha value is -2.31. The van der Waals surface area contributed by atoms with Gasteiger partial charge in [-0.1, -0.05) is 13.3 Å². The van der Waals surface area contributed by atoms with E-state index in [1.165, 1.54) is 0 Å². The van der Waals surface area contributed by atoms with Crippen LogP contribution in [0, 0.1) is 21.8 Å². The molecule has 1 unspecified atom stereocenters. The molecule has 1 heterocycles. The maximum Gasteiger partial charge on any atom is 0.270 e. The van der Waals surface area contributed by atoms with Gasteiger partial charge in [0, 0.05) is 25.1 Å². The molecule has 2 rings (SSSR count). The fourth-order valence-electron chi connectivity index (χ4n) is 2.52. The summed E-state index contributed by atoms with van der Waals surface area (Å²) >= 11 is 0. The molecule has 21 heavy (non-hydrogen) atoms. The van der Waals surface area contributed by atoms with Crippen LogP contribution in [0.15, 0.2) is 18.2 Å². The van der Waals surface area contributed by atoms with Gasteiger partial charge in [0.1, 0.15) is 5.82 Å². The Kier molecular flexibility index (Phi) is 4.30. The number of carbonyl (C=O) groups excluding carboxylic acids is 2. The third kappa shape index (κ3) is 3.07. The third-order valence-corrected chi connectivity index (χ3v) is 3.54. The molecule has 6 nitrogen and oxygen atoms in total. The predicted molar refractivity (Wildman–Crippen MR) is 72.1 cm³/mol. The Labute approximate surface area is 120 Å². The van der Waals surface area contributed by atoms with Gasteiger partial charge >= 0.3 is 0 Å². The molecule has 2 amide bonds. The van der Waals surface area contributed by atoms with Crippen molar-refractivity contribution in [3.63, 3.8) is 0 Å². The van der Waals surface area contributed by atoms with Gasteiger partial charge in [-0.15, -0.1) is 0 Å². The van der Waals surface area contributed by atoms with E-state index in [1.54, 1.807) is 0 Å². The highest BCUT2D eigenvalue weighted by atomic mass is 19.1. The van der Waals surface area contributed by atoms with E-state index in [4.69, 9.17) is 0 Å². The zero-order chi connectivity index (χ0) is 15.6. The smallest absolute Gasteiger partial charge is 0.270 e.